The molecular formula is C19H20FN5O. The van der Waals surface area contributed by atoms with E-state index in [-0.39, 0.29) is 11.7 Å². The highest BCUT2D eigenvalue weighted by Crippen LogP contribution is 2.21. The molecular weight excluding hydrogens is 333 g/mol. The van der Waals surface area contributed by atoms with Gasteiger partial charge in [-0.15, -0.1) is 0 Å². The molecule has 6 nitrogen and oxygen atoms in total. The molecule has 1 saturated heterocycles. The van der Waals surface area contributed by atoms with Crippen LogP contribution in [0.25, 0.3) is 5.65 Å². The van der Waals surface area contributed by atoms with E-state index >= 15 is 0 Å². The predicted octanol–water partition coefficient (Wildman–Crippen LogP) is 2.33. The lowest BCUT2D eigenvalue weighted by Crippen LogP contribution is -2.50. The van der Waals surface area contributed by atoms with Gasteiger partial charge in [-0.1, -0.05) is 12.1 Å². The SMILES string of the molecule is Cc1cc(N2CCN(Cc3ccc(F)cc3)C(=O)C2)n2nc(C)cc2n1. The molecule has 1 aliphatic heterocycles. The van der Waals surface area contributed by atoms with Crippen LogP contribution in [0.15, 0.2) is 36.4 Å². The number of carbonyl (C=O) groups excluding carboxylic acids is 1. The number of benzene rings is 1. The fourth-order valence-corrected chi connectivity index (χ4v) is 3.30. The molecule has 1 amide bonds. The van der Waals surface area contributed by atoms with Crippen molar-refractivity contribution in [1.29, 1.82) is 0 Å². The van der Waals surface area contributed by atoms with Gasteiger partial charge in [0.1, 0.15) is 11.6 Å². The monoisotopic (exact) mass is 353 g/mol. The Morgan fingerprint density at radius 2 is 1.85 bits per heavy atom. The molecule has 0 saturated carbocycles. The Kier molecular flexibility index (Phi) is 4.06. The molecule has 26 heavy (non-hydrogen) atoms. The van der Waals surface area contributed by atoms with Gasteiger partial charge in [0.2, 0.25) is 5.91 Å². The minimum Gasteiger partial charge on any atom is -0.345 e. The van der Waals surface area contributed by atoms with Gasteiger partial charge in [-0.25, -0.2) is 9.37 Å². The molecule has 3 heterocycles. The van der Waals surface area contributed by atoms with Gasteiger partial charge >= 0.3 is 0 Å². The van der Waals surface area contributed by atoms with Gasteiger partial charge < -0.3 is 9.80 Å². The summed E-state index contributed by atoms with van der Waals surface area (Å²) in [5.74, 6) is 0.666. The Morgan fingerprint density at radius 1 is 1.08 bits per heavy atom. The molecule has 134 valence electrons. The van der Waals surface area contributed by atoms with Crippen LogP contribution in [0.4, 0.5) is 10.2 Å². The first-order chi connectivity index (χ1) is 12.5. The molecule has 0 unspecified atom stereocenters. The zero-order chi connectivity index (χ0) is 18.3. The van der Waals surface area contributed by atoms with Gasteiger partial charge in [-0.2, -0.15) is 9.61 Å². The average Bonchev–Trinajstić information content (AvgIpc) is 2.98. The van der Waals surface area contributed by atoms with Crippen LogP contribution in [0.1, 0.15) is 17.0 Å². The largest absolute Gasteiger partial charge is 0.345 e. The van der Waals surface area contributed by atoms with E-state index in [4.69, 9.17) is 0 Å². The third-order valence-electron chi connectivity index (χ3n) is 4.59. The Bertz CT molecular complexity index is 966. The van der Waals surface area contributed by atoms with Crippen LogP contribution in [-0.2, 0) is 11.3 Å². The van der Waals surface area contributed by atoms with Crippen LogP contribution >= 0.6 is 0 Å². The van der Waals surface area contributed by atoms with Crippen molar-refractivity contribution in [3.63, 3.8) is 0 Å². The third-order valence-corrected chi connectivity index (χ3v) is 4.59. The lowest BCUT2D eigenvalue weighted by Gasteiger charge is -2.35. The molecule has 1 aliphatic rings. The number of hydrogen-bond acceptors (Lipinski definition) is 4. The van der Waals surface area contributed by atoms with Gasteiger partial charge in [0.25, 0.3) is 0 Å². The number of nitrogens with zero attached hydrogens (tertiary/aromatic N) is 5. The first-order valence-electron chi connectivity index (χ1n) is 8.61. The van der Waals surface area contributed by atoms with E-state index in [0.717, 1.165) is 28.4 Å². The van der Waals surface area contributed by atoms with E-state index in [9.17, 15) is 9.18 Å². The highest BCUT2D eigenvalue weighted by Gasteiger charge is 2.26. The Hall–Kier alpha value is -2.96. The molecule has 0 radical (unpaired) electrons. The van der Waals surface area contributed by atoms with E-state index in [2.05, 4.69) is 10.1 Å². The normalized spacial score (nSPS) is 15.1. The second-order valence-corrected chi connectivity index (χ2v) is 6.67. The summed E-state index contributed by atoms with van der Waals surface area (Å²) in [6.45, 7) is 5.99. The standard InChI is InChI=1S/C19H20FN5O/c1-13-10-18(25-17(21-13)9-14(2)22-25)23-7-8-24(19(26)12-23)11-15-3-5-16(20)6-4-15/h3-6,9-10H,7-8,11-12H2,1-2H3. The summed E-state index contributed by atoms with van der Waals surface area (Å²) in [7, 11) is 0. The Labute approximate surface area is 150 Å². The summed E-state index contributed by atoms with van der Waals surface area (Å²) in [4.78, 5) is 21.0. The maximum absolute atomic E-state index is 13.0. The smallest absolute Gasteiger partial charge is 0.242 e. The van der Waals surface area contributed by atoms with Crippen LogP contribution in [-0.4, -0.2) is 45.0 Å². The van der Waals surface area contributed by atoms with Crippen LogP contribution in [0.3, 0.4) is 0 Å². The molecule has 0 aliphatic carbocycles. The van der Waals surface area contributed by atoms with Gasteiger partial charge in [0.15, 0.2) is 5.65 Å². The summed E-state index contributed by atoms with van der Waals surface area (Å²) in [5, 5.41) is 4.50. The van der Waals surface area contributed by atoms with Crippen molar-refractivity contribution in [2.24, 2.45) is 0 Å². The Balaban J connectivity index is 1.54. The van der Waals surface area contributed by atoms with Crippen molar-refractivity contribution in [2.45, 2.75) is 20.4 Å². The van der Waals surface area contributed by atoms with Crippen molar-refractivity contribution < 1.29 is 9.18 Å². The van der Waals surface area contributed by atoms with Crippen molar-refractivity contribution in [1.82, 2.24) is 19.5 Å². The van der Waals surface area contributed by atoms with Crippen LogP contribution in [0, 0.1) is 19.7 Å². The highest BCUT2D eigenvalue weighted by atomic mass is 19.1. The number of fused-ring (bicyclic) bond motifs is 1. The number of aryl methyl sites for hydroxylation is 2. The maximum Gasteiger partial charge on any atom is 0.242 e. The molecule has 0 N–H and O–H groups in total. The number of hydrogen-bond donors (Lipinski definition) is 0. The summed E-state index contributed by atoms with van der Waals surface area (Å²) in [6, 6.07) is 10.2. The molecule has 0 atom stereocenters. The van der Waals surface area contributed by atoms with Gasteiger partial charge in [-0.3, -0.25) is 4.79 Å². The number of amides is 1. The van der Waals surface area contributed by atoms with Crippen LogP contribution in [0.2, 0.25) is 0 Å². The molecule has 1 aromatic carbocycles. The number of anilines is 1. The number of halogens is 1. The second-order valence-electron chi connectivity index (χ2n) is 6.67. The van der Waals surface area contributed by atoms with Gasteiger partial charge in [0.05, 0.1) is 12.2 Å². The van der Waals surface area contributed by atoms with E-state index in [1.54, 1.807) is 16.6 Å². The summed E-state index contributed by atoms with van der Waals surface area (Å²) < 4.78 is 14.8. The summed E-state index contributed by atoms with van der Waals surface area (Å²) in [6.07, 6.45) is 0. The minimum atomic E-state index is -0.267. The number of aromatic nitrogens is 3. The van der Waals surface area contributed by atoms with E-state index in [0.29, 0.717) is 26.2 Å². The summed E-state index contributed by atoms with van der Waals surface area (Å²) >= 11 is 0. The predicted molar refractivity (Wildman–Crippen MR) is 96.5 cm³/mol. The Morgan fingerprint density at radius 3 is 2.58 bits per heavy atom. The van der Waals surface area contributed by atoms with E-state index in [1.807, 2.05) is 35.8 Å². The quantitative estimate of drug-likeness (QED) is 0.725. The number of rotatable bonds is 3. The first kappa shape index (κ1) is 16.5. The zero-order valence-electron chi connectivity index (χ0n) is 14.8. The van der Waals surface area contributed by atoms with Crippen LogP contribution < -0.4 is 4.90 Å². The molecule has 0 bridgehead atoms. The van der Waals surface area contributed by atoms with Crippen molar-refractivity contribution in [2.75, 3.05) is 24.5 Å². The first-order valence-corrected chi connectivity index (χ1v) is 8.61. The third kappa shape index (κ3) is 3.12. The molecule has 3 aromatic rings. The lowest BCUT2D eigenvalue weighted by molar-refractivity contribution is -0.131. The molecule has 4 rings (SSSR count). The van der Waals surface area contributed by atoms with E-state index < -0.39 is 0 Å². The molecule has 0 spiro atoms. The van der Waals surface area contributed by atoms with Crippen molar-refractivity contribution in [3.05, 3.63) is 59.2 Å². The molecule has 1 fully saturated rings. The summed E-state index contributed by atoms with van der Waals surface area (Å²) in [5.41, 5.74) is 3.51. The second kappa shape index (κ2) is 6.40. The van der Waals surface area contributed by atoms with Crippen molar-refractivity contribution >= 4 is 17.4 Å². The molecule has 7 heteroatoms. The topological polar surface area (TPSA) is 53.7 Å². The van der Waals surface area contributed by atoms with E-state index in [1.165, 1.54) is 12.1 Å². The van der Waals surface area contributed by atoms with Gasteiger partial charge in [0, 0.05) is 37.5 Å². The average molecular weight is 353 g/mol. The minimum absolute atomic E-state index is 0.0482. The number of piperazine rings is 1. The lowest BCUT2D eigenvalue weighted by atomic mass is 10.2. The zero-order valence-corrected chi connectivity index (χ0v) is 14.8. The fourth-order valence-electron chi connectivity index (χ4n) is 3.30. The maximum atomic E-state index is 13.0. The fraction of sp³-hybridized carbons (Fsp3) is 0.316. The highest BCUT2D eigenvalue weighted by molar-refractivity contribution is 5.82. The molecule has 2 aromatic heterocycles. The van der Waals surface area contributed by atoms with Crippen molar-refractivity contribution in [3.8, 4) is 0 Å². The van der Waals surface area contributed by atoms with Gasteiger partial charge in [-0.05, 0) is 31.5 Å². The number of carbonyl (C=O) groups is 1. The van der Waals surface area contributed by atoms with Crippen LogP contribution in [0.5, 0.6) is 0 Å².